The first kappa shape index (κ1) is 23.8. The number of nitrogens with two attached hydrogens (primary N) is 1. The molecule has 3 aromatic heterocycles. The van der Waals surface area contributed by atoms with Gasteiger partial charge in [-0.25, -0.2) is 4.68 Å². The van der Waals surface area contributed by atoms with E-state index in [1.165, 1.54) is 22.5 Å². The Hall–Kier alpha value is -4.53. The van der Waals surface area contributed by atoms with E-state index in [0.29, 0.717) is 22.8 Å². The Morgan fingerprint density at radius 1 is 0.842 bits per heavy atom. The average Bonchev–Trinajstić information content (AvgIpc) is 3.73. The SMILES string of the molecule is Nc1ccc(-c2cccs2)cc1NC(=O)c1ccc(-c2cn(Cc3ccc(-c4ccccc4)cc3)nn2)s1. The summed E-state index contributed by atoms with van der Waals surface area (Å²) in [6.07, 6.45) is 1.90. The molecule has 0 saturated carbocycles. The van der Waals surface area contributed by atoms with E-state index in [1.807, 2.05) is 70.9 Å². The highest BCUT2D eigenvalue weighted by molar-refractivity contribution is 7.17. The number of anilines is 2. The van der Waals surface area contributed by atoms with E-state index >= 15 is 0 Å². The lowest BCUT2D eigenvalue weighted by Crippen LogP contribution is -2.11. The van der Waals surface area contributed by atoms with Crippen molar-refractivity contribution in [1.29, 1.82) is 0 Å². The van der Waals surface area contributed by atoms with Gasteiger partial charge in [0.25, 0.3) is 5.91 Å². The predicted molar refractivity (Wildman–Crippen MR) is 156 cm³/mol. The van der Waals surface area contributed by atoms with Gasteiger partial charge < -0.3 is 11.1 Å². The van der Waals surface area contributed by atoms with Crippen LogP contribution in [0.15, 0.2) is 109 Å². The Morgan fingerprint density at radius 3 is 2.42 bits per heavy atom. The predicted octanol–water partition coefficient (Wildman–Crippen LogP) is 7.28. The summed E-state index contributed by atoms with van der Waals surface area (Å²) >= 11 is 3.02. The molecule has 3 heterocycles. The van der Waals surface area contributed by atoms with Crippen LogP contribution < -0.4 is 11.1 Å². The maximum atomic E-state index is 13.0. The summed E-state index contributed by atoms with van der Waals surface area (Å²) < 4.78 is 1.81. The number of hydrogen-bond donors (Lipinski definition) is 2. The molecule has 0 saturated heterocycles. The Bertz CT molecular complexity index is 1690. The molecule has 0 aliphatic carbocycles. The second-order valence-electron chi connectivity index (χ2n) is 8.76. The maximum Gasteiger partial charge on any atom is 0.265 e. The van der Waals surface area contributed by atoms with Gasteiger partial charge in [0.05, 0.1) is 33.9 Å². The fourth-order valence-electron chi connectivity index (χ4n) is 4.15. The van der Waals surface area contributed by atoms with Crippen molar-refractivity contribution in [2.45, 2.75) is 6.54 Å². The van der Waals surface area contributed by atoms with Crippen LogP contribution in [0.5, 0.6) is 0 Å². The van der Waals surface area contributed by atoms with E-state index < -0.39 is 0 Å². The average molecular weight is 534 g/mol. The largest absolute Gasteiger partial charge is 0.397 e. The van der Waals surface area contributed by atoms with Crippen molar-refractivity contribution in [3.8, 4) is 32.1 Å². The minimum atomic E-state index is -0.206. The van der Waals surface area contributed by atoms with Crippen LogP contribution in [0.3, 0.4) is 0 Å². The van der Waals surface area contributed by atoms with Gasteiger partial charge in [-0.15, -0.1) is 27.8 Å². The lowest BCUT2D eigenvalue weighted by Gasteiger charge is -2.09. The van der Waals surface area contributed by atoms with E-state index in [0.717, 1.165) is 26.6 Å². The summed E-state index contributed by atoms with van der Waals surface area (Å²) in [5, 5.41) is 13.6. The van der Waals surface area contributed by atoms with Gasteiger partial charge in [-0.05, 0) is 58.0 Å². The second kappa shape index (κ2) is 10.5. The van der Waals surface area contributed by atoms with Crippen LogP contribution in [0, 0.1) is 0 Å². The molecule has 0 fully saturated rings. The molecular formula is C30H23N5OS2. The molecule has 8 heteroatoms. The molecular weight excluding hydrogens is 510 g/mol. The standard InChI is InChI=1S/C30H23N5OS2/c31-24-13-12-23(27-7-4-16-37-27)17-25(24)32-30(36)29-15-14-28(38-29)26-19-35(34-33-26)18-20-8-10-22(11-9-20)21-5-2-1-3-6-21/h1-17,19H,18,31H2,(H,32,36). The zero-order valence-corrected chi connectivity index (χ0v) is 21.9. The number of carbonyl (C=O) groups excluding carboxylic acids is 1. The quantitative estimate of drug-likeness (QED) is 0.211. The van der Waals surface area contributed by atoms with Crippen LogP contribution in [-0.2, 0) is 6.54 Å². The number of nitrogens with zero attached hydrogens (tertiary/aromatic N) is 3. The molecule has 6 rings (SSSR count). The van der Waals surface area contributed by atoms with Crippen LogP contribution >= 0.6 is 22.7 Å². The molecule has 0 atom stereocenters. The number of aromatic nitrogens is 3. The summed E-state index contributed by atoms with van der Waals surface area (Å²) in [4.78, 5) is 15.6. The summed E-state index contributed by atoms with van der Waals surface area (Å²) in [5.41, 5.74) is 12.5. The number of nitrogen functional groups attached to an aromatic ring is 1. The molecule has 186 valence electrons. The van der Waals surface area contributed by atoms with Gasteiger partial charge >= 0.3 is 0 Å². The molecule has 0 bridgehead atoms. The van der Waals surface area contributed by atoms with Crippen molar-refractivity contribution in [1.82, 2.24) is 15.0 Å². The molecule has 0 radical (unpaired) electrons. The summed E-state index contributed by atoms with van der Waals surface area (Å²) in [7, 11) is 0. The zero-order valence-electron chi connectivity index (χ0n) is 20.2. The van der Waals surface area contributed by atoms with Gasteiger partial charge in [0.2, 0.25) is 0 Å². The first-order valence-corrected chi connectivity index (χ1v) is 13.7. The van der Waals surface area contributed by atoms with Crippen LogP contribution in [0.1, 0.15) is 15.2 Å². The first-order valence-electron chi connectivity index (χ1n) is 12.0. The first-order chi connectivity index (χ1) is 18.6. The van der Waals surface area contributed by atoms with Crippen molar-refractivity contribution < 1.29 is 4.79 Å². The minimum Gasteiger partial charge on any atom is -0.397 e. The van der Waals surface area contributed by atoms with Crippen LogP contribution in [-0.4, -0.2) is 20.9 Å². The Morgan fingerprint density at radius 2 is 1.63 bits per heavy atom. The van der Waals surface area contributed by atoms with E-state index in [4.69, 9.17) is 5.73 Å². The van der Waals surface area contributed by atoms with Gasteiger partial charge in [-0.2, -0.15) is 0 Å². The van der Waals surface area contributed by atoms with Gasteiger partial charge in [0.15, 0.2) is 0 Å². The molecule has 1 amide bonds. The maximum absolute atomic E-state index is 13.0. The third-order valence-electron chi connectivity index (χ3n) is 6.13. The smallest absolute Gasteiger partial charge is 0.265 e. The van der Waals surface area contributed by atoms with E-state index in [-0.39, 0.29) is 5.91 Å². The van der Waals surface area contributed by atoms with Gasteiger partial charge in [0, 0.05) is 4.88 Å². The van der Waals surface area contributed by atoms with Crippen LogP contribution in [0.2, 0.25) is 0 Å². The summed E-state index contributed by atoms with van der Waals surface area (Å²) in [6.45, 7) is 0.612. The number of thiophene rings is 2. The fraction of sp³-hybridized carbons (Fsp3) is 0.0333. The summed E-state index contributed by atoms with van der Waals surface area (Å²) in [6, 6.07) is 32.2. The fourth-order valence-corrected chi connectivity index (χ4v) is 5.73. The molecule has 3 N–H and O–H groups in total. The number of benzene rings is 3. The molecule has 38 heavy (non-hydrogen) atoms. The Kier molecular flexibility index (Phi) is 6.56. The molecule has 0 spiro atoms. The molecule has 0 unspecified atom stereocenters. The van der Waals surface area contributed by atoms with Crippen molar-refractivity contribution in [3.63, 3.8) is 0 Å². The monoisotopic (exact) mass is 533 g/mol. The Labute approximate surface area is 228 Å². The number of carbonyl (C=O) groups is 1. The molecule has 0 aliphatic rings. The summed E-state index contributed by atoms with van der Waals surface area (Å²) in [5.74, 6) is -0.206. The van der Waals surface area contributed by atoms with Crippen LogP contribution in [0.25, 0.3) is 32.1 Å². The molecule has 6 nitrogen and oxygen atoms in total. The topological polar surface area (TPSA) is 85.8 Å². The number of nitrogens with one attached hydrogen (secondary N) is 1. The van der Waals surface area contributed by atoms with Crippen molar-refractivity contribution in [2.24, 2.45) is 0 Å². The number of amides is 1. The van der Waals surface area contributed by atoms with Gasteiger partial charge in [0.1, 0.15) is 5.69 Å². The molecule has 6 aromatic rings. The van der Waals surface area contributed by atoms with Crippen molar-refractivity contribution >= 4 is 40.0 Å². The highest BCUT2D eigenvalue weighted by atomic mass is 32.1. The number of rotatable bonds is 7. The lowest BCUT2D eigenvalue weighted by atomic mass is 10.0. The Balaban J connectivity index is 1.13. The third-order valence-corrected chi connectivity index (χ3v) is 8.16. The van der Waals surface area contributed by atoms with E-state index in [2.05, 4.69) is 52.0 Å². The second-order valence-corrected chi connectivity index (χ2v) is 10.8. The minimum absolute atomic E-state index is 0.206. The number of hydrogen-bond acceptors (Lipinski definition) is 6. The highest BCUT2D eigenvalue weighted by Crippen LogP contribution is 2.32. The molecule has 3 aromatic carbocycles. The highest BCUT2D eigenvalue weighted by Gasteiger charge is 2.15. The van der Waals surface area contributed by atoms with E-state index in [9.17, 15) is 4.79 Å². The zero-order chi connectivity index (χ0) is 25.9. The van der Waals surface area contributed by atoms with Gasteiger partial charge in [-0.3, -0.25) is 4.79 Å². The van der Waals surface area contributed by atoms with Crippen molar-refractivity contribution in [2.75, 3.05) is 11.1 Å². The van der Waals surface area contributed by atoms with Crippen molar-refractivity contribution in [3.05, 3.63) is 119 Å². The van der Waals surface area contributed by atoms with Crippen LogP contribution in [0.4, 0.5) is 11.4 Å². The van der Waals surface area contributed by atoms with Gasteiger partial charge in [-0.1, -0.05) is 71.9 Å². The molecule has 0 aliphatic heterocycles. The normalized spacial score (nSPS) is 10.9. The van der Waals surface area contributed by atoms with E-state index in [1.54, 1.807) is 17.4 Å². The third kappa shape index (κ3) is 5.13. The lowest BCUT2D eigenvalue weighted by molar-refractivity contribution is 0.103.